The van der Waals surface area contributed by atoms with Gasteiger partial charge in [-0.05, 0) is 84.3 Å². The molecule has 1 aliphatic carbocycles. The van der Waals surface area contributed by atoms with E-state index in [9.17, 15) is 9.59 Å². The fourth-order valence-corrected chi connectivity index (χ4v) is 6.13. The zero-order chi connectivity index (χ0) is 23.7. The van der Waals surface area contributed by atoms with E-state index in [0.29, 0.717) is 35.5 Å². The van der Waals surface area contributed by atoms with Gasteiger partial charge in [-0.3, -0.25) is 9.59 Å². The van der Waals surface area contributed by atoms with E-state index < -0.39 is 0 Å². The lowest BCUT2D eigenvalue weighted by Crippen LogP contribution is -2.48. The van der Waals surface area contributed by atoms with Crippen molar-refractivity contribution in [2.45, 2.75) is 32.2 Å². The smallest absolute Gasteiger partial charge is 0.264 e. The summed E-state index contributed by atoms with van der Waals surface area (Å²) in [6.07, 6.45) is 3.08. The number of aryl methyl sites for hydroxylation is 1. The molecule has 1 unspecified atom stereocenters. The standard InChI is InChI=1S/C26H27ClN2O3S2/c1-17-13-19(6-7-21(17)27)32-16-22-20-9-12-34-23(20)8-10-29(22)25(30)15-28(14-18-4-5-18)26(31)24-3-2-11-33-24/h2-3,6-7,9,11-13,18,22H,4-5,8,10,14-16H2,1H3. The molecule has 0 spiro atoms. The molecule has 1 atom stereocenters. The number of carbonyl (C=O) groups excluding carboxylic acids is 2. The molecule has 2 aromatic heterocycles. The summed E-state index contributed by atoms with van der Waals surface area (Å²) in [5.41, 5.74) is 2.10. The highest BCUT2D eigenvalue weighted by atomic mass is 35.5. The van der Waals surface area contributed by atoms with E-state index in [0.717, 1.165) is 36.1 Å². The lowest BCUT2D eigenvalue weighted by molar-refractivity contribution is -0.135. The predicted molar refractivity (Wildman–Crippen MR) is 137 cm³/mol. The Morgan fingerprint density at radius 2 is 2.03 bits per heavy atom. The Labute approximate surface area is 212 Å². The van der Waals surface area contributed by atoms with Crippen LogP contribution in [0, 0.1) is 12.8 Å². The maximum atomic E-state index is 13.6. The fourth-order valence-electron chi connectivity index (χ4n) is 4.40. The number of nitrogens with zero attached hydrogens (tertiary/aromatic N) is 2. The summed E-state index contributed by atoms with van der Waals surface area (Å²) in [4.78, 5) is 32.4. The van der Waals surface area contributed by atoms with E-state index in [2.05, 4.69) is 11.4 Å². The van der Waals surface area contributed by atoms with Crippen LogP contribution in [0.25, 0.3) is 0 Å². The van der Waals surface area contributed by atoms with E-state index in [1.807, 2.05) is 47.5 Å². The van der Waals surface area contributed by atoms with Crippen molar-refractivity contribution in [1.29, 1.82) is 0 Å². The van der Waals surface area contributed by atoms with Crippen LogP contribution in [0.4, 0.5) is 0 Å². The molecular weight excluding hydrogens is 488 g/mol. The Morgan fingerprint density at radius 1 is 1.18 bits per heavy atom. The Balaban J connectivity index is 1.33. The monoisotopic (exact) mass is 514 g/mol. The van der Waals surface area contributed by atoms with Crippen molar-refractivity contribution in [3.05, 3.63) is 73.1 Å². The molecular formula is C26H27ClN2O3S2. The maximum Gasteiger partial charge on any atom is 0.264 e. The van der Waals surface area contributed by atoms with Gasteiger partial charge < -0.3 is 14.5 Å². The van der Waals surface area contributed by atoms with Gasteiger partial charge in [-0.25, -0.2) is 0 Å². The molecule has 5 nitrogen and oxygen atoms in total. The molecule has 178 valence electrons. The molecule has 5 rings (SSSR count). The van der Waals surface area contributed by atoms with Crippen molar-refractivity contribution in [2.24, 2.45) is 5.92 Å². The number of carbonyl (C=O) groups is 2. The number of benzene rings is 1. The lowest BCUT2D eigenvalue weighted by atomic mass is 10.0. The van der Waals surface area contributed by atoms with Gasteiger partial charge in [-0.1, -0.05) is 17.7 Å². The zero-order valence-electron chi connectivity index (χ0n) is 19.0. The number of halogens is 1. The van der Waals surface area contributed by atoms with Crippen LogP contribution >= 0.6 is 34.3 Å². The molecule has 0 saturated heterocycles. The second kappa shape index (κ2) is 10.1. The molecule has 2 aliphatic rings. The second-order valence-electron chi connectivity index (χ2n) is 8.98. The molecule has 0 radical (unpaired) electrons. The van der Waals surface area contributed by atoms with Crippen molar-refractivity contribution in [2.75, 3.05) is 26.2 Å². The van der Waals surface area contributed by atoms with Crippen molar-refractivity contribution >= 4 is 46.1 Å². The molecule has 8 heteroatoms. The minimum Gasteiger partial charge on any atom is -0.491 e. The van der Waals surface area contributed by atoms with Crippen LogP contribution in [0.1, 0.15) is 44.6 Å². The first-order valence-corrected chi connectivity index (χ1v) is 13.7. The summed E-state index contributed by atoms with van der Waals surface area (Å²) < 4.78 is 6.15. The van der Waals surface area contributed by atoms with Gasteiger partial charge in [-0.15, -0.1) is 22.7 Å². The molecule has 1 aliphatic heterocycles. The minimum absolute atomic E-state index is 0.0247. The third-order valence-corrected chi connectivity index (χ3v) is 8.75. The van der Waals surface area contributed by atoms with E-state index in [-0.39, 0.29) is 24.4 Å². The number of hydrogen-bond donors (Lipinski definition) is 0. The largest absolute Gasteiger partial charge is 0.491 e. The van der Waals surface area contributed by atoms with E-state index in [1.54, 1.807) is 16.2 Å². The highest BCUT2D eigenvalue weighted by Crippen LogP contribution is 2.35. The summed E-state index contributed by atoms with van der Waals surface area (Å²) in [7, 11) is 0. The molecule has 1 aromatic carbocycles. The van der Waals surface area contributed by atoms with Gasteiger partial charge in [0, 0.05) is 23.0 Å². The number of hydrogen-bond acceptors (Lipinski definition) is 5. The van der Waals surface area contributed by atoms with Gasteiger partial charge in [0.05, 0.1) is 10.9 Å². The number of thiophene rings is 2. The van der Waals surface area contributed by atoms with Crippen molar-refractivity contribution < 1.29 is 14.3 Å². The van der Waals surface area contributed by atoms with Crippen LogP contribution in [0.5, 0.6) is 5.75 Å². The summed E-state index contributed by atoms with van der Waals surface area (Å²) >= 11 is 9.31. The van der Waals surface area contributed by atoms with Crippen molar-refractivity contribution in [1.82, 2.24) is 9.80 Å². The Hall–Kier alpha value is -2.35. The molecule has 34 heavy (non-hydrogen) atoms. The highest BCUT2D eigenvalue weighted by Gasteiger charge is 2.35. The van der Waals surface area contributed by atoms with E-state index in [4.69, 9.17) is 16.3 Å². The van der Waals surface area contributed by atoms with Crippen LogP contribution in [0.2, 0.25) is 5.02 Å². The predicted octanol–water partition coefficient (Wildman–Crippen LogP) is 5.83. The van der Waals surface area contributed by atoms with Gasteiger partial charge in [0.1, 0.15) is 18.9 Å². The molecule has 2 amide bonds. The first-order chi connectivity index (χ1) is 16.5. The zero-order valence-corrected chi connectivity index (χ0v) is 21.4. The summed E-state index contributed by atoms with van der Waals surface area (Å²) in [6.45, 7) is 3.68. The minimum atomic E-state index is -0.182. The van der Waals surface area contributed by atoms with Crippen LogP contribution < -0.4 is 4.74 Å². The topological polar surface area (TPSA) is 49.9 Å². The number of rotatable bonds is 8. The Morgan fingerprint density at radius 3 is 2.76 bits per heavy atom. The Bertz CT molecular complexity index is 1170. The van der Waals surface area contributed by atoms with Crippen LogP contribution in [0.15, 0.2) is 47.2 Å². The number of ether oxygens (including phenoxy) is 1. The maximum absolute atomic E-state index is 13.6. The van der Waals surface area contributed by atoms with Crippen molar-refractivity contribution in [3.63, 3.8) is 0 Å². The molecule has 3 heterocycles. The van der Waals surface area contributed by atoms with Gasteiger partial charge in [0.2, 0.25) is 5.91 Å². The average Bonchev–Trinajstić information content (AvgIpc) is 3.27. The van der Waals surface area contributed by atoms with E-state index in [1.165, 1.54) is 16.2 Å². The van der Waals surface area contributed by atoms with Gasteiger partial charge in [-0.2, -0.15) is 0 Å². The highest BCUT2D eigenvalue weighted by molar-refractivity contribution is 7.12. The first-order valence-electron chi connectivity index (χ1n) is 11.6. The average molecular weight is 515 g/mol. The normalized spacial score (nSPS) is 17.4. The lowest BCUT2D eigenvalue weighted by Gasteiger charge is -2.37. The third-order valence-electron chi connectivity index (χ3n) is 6.47. The van der Waals surface area contributed by atoms with Crippen molar-refractivity contribution in [3.8, 4) is 5.75 Å². The van der Waals surface area contributed by atoms with Crippen LogP contribution in [-0.4, -0.2) is 47.9 Å². The summed E-state index contributed by atoms with van der Waals surface area (Å²) in [6, 6.07) is 11.2. The fraction of sp³-hybridized carbons (Fsp3) is 0.385. The van der Waals surface area contributed by atoms with Gasteiger partial charge in [0.15, 0.2) is 0 Å². The first kappa shape index (κ1) is 23.4. The quantitative estimate of drug-likeness (QED) is 0.380. The van der Waals surface area contributed by atoms with E-state index >= 15 is 0 Å². The van der Waals surface area contributed by atoms with Gasteiger partial charge in [0.25, 0.3) is 5.91 Å². The second-order valence-corrected chi connectivity index (χ2v) is 11.3. The van der Waals surface area contributed by atoms with Crippen LogP contribution in [-0.2, 0) is 11.2 Å². The number of amides is 2. The molecule has 3 aromatic rings. The third kappa shape index (κ3) is 5.16. The Kier molecular flexibility index (Phi) is 6.95. The summed E-state index contributed by atoms with van der Waals surface area (Å²) in [5.74, 6) is 1.17. The molecule has 1 fully saturated rings. The molecule has 1 saturated carbocycles. The molecule has 0 bridgehead atoms. The number of fused-ring (bicyclic) bond motifs is 1. The molecule has 0 N–H and O–H groups in total. The summed E-state index contributed by atoms with van der Waals surface area (Å²) in [5, 5.41) is 4.68. The SMILES string of the molecule is Cc1cc(OCC2c3ccsc3CCN2C(=O)CN(CC2CC2)C(=O)c2cccs2)ccc1Cl. The van der Waals surface area contributed by atoms with Crippen LogP contribution in [0.3, 0.4) is 0 Å². The van der Waals surface area contributed by atoms with Gasteiger partial charge >= 0.3 is 0 Å².